The van der Waals surface area contributed by atoms with E-state index in [-0.39, 0.29) is 24.4 Å². The molecule has 0 aromatic heterocycles. The predicted molar refractivity (Wildman–Crippen MR) is 139 cm³/mol. The number of hydrogen-bond donors (Lipinski definition) is 2. The maximum Gasteiger partial charge on any atom is 0.0825 e. The van der Waals surface area contributed by atoms with Gasteiger partial charge in [0.2, 0.25) is 0 Å². The zero-order chi connectivity index (χ0) is 24.0. The summed E-state index contributed by atoms with van der Waals surface area (Å²) in [7, 11) is 2.03. The van der Waals surface area contributed by atoms with Gasteiger partial charge in [0.25, 0.3) is 0 Å². The second-order valence-electron chi connectivity index (χ2n) is 10.5. The zero-order valence-electron chi connectivity index (χ0n) is 21.6. The molecule has 0 spiro atoms. The first kappa shape index (κ1) is 26.1. The van der Waals surface area contributed by atoms with Crippen LogP contribution < -0.4 is 5.32 Å². The maximum absolute atomic E-state index is 7.40. The molecular formula is C29H46N2O2. The summed E-state index contributed by atoms with van der Waals surface area (Å²) in [6.45, 7) is 11.2. The summed E-state index contributed by atoms with van der Waals surface area (Å²) in [6, 6.07) is 0.474. The maximum atomic E-state index is 7.40. The molecule has 1 saturated carbocycles. The first-order chi connectivity index (χ1) is 15.9. The Hall–Kier alpha value is -1.49. The van der Waals surface area contributed by atoms with Crippen molar-refractivity contribution in [1.29, 1.82) is 5.41 Å². The highest BCUT2D eigenvalue weighted by molar-refractivity contribution is 5.53. The molecule has 0 radical (unpaired) electrons. The van der Waals surface area contributed by atoms with Gasteiger partial charge in [-0.05, 0) is 87.6 Å². The van der Waals surface area contributed by atoms with Gasteiger partial charge in [-0.25, -0.2) is 0 Å². The van der Waals surface area contributed by atoms with Gasteiger partial charge in [0.05, 0.1) is 24.4 Å². The summed E-state index contributed by atoms with van der Waals surface area (Å²) in [5.74, 6) is 2.34. The summed E-state index contributed by atoms with van der Waals surface area (Å²) >= 11 is 0. The monoisotopic (exact) mass is 454 g/mol. The molecule has 6 unspecified atom stereocenters. The molecule has 3 rings (SSSR count). The third-order valence-electron chi connectivity index (χ3n) is 7.82. The van der Waals surface area contributed by atoms with Gasteiger partial charge in [0.1, 0.15) is 0 Å². The highest BCUT2D eigenvalue weighted by Gasteiger charge is 2.42. The molecule has 33 heavy (non-hydrogen) atoms. The summed E-state index contributed by atoms with van der Waals surface area (Å²) in [6.07, 6.45) is 21.2. The molecule has 0 amide bonds. The smallest absolute Gasteiger partial charge is 0.0825 e. The van der Waals surface area contributed by atoms with Crippen molar-refractivity contribution in [3.05, 3.63) is 47.6 Å². The van der Waals surface area contributed by atoms with Crippen molar-refractivity contribution in [3.8, 4) is 0 Å². The van der Waals surface area contributed by atoms with Crippen LogP contribution in [0.3, 0.4) is 0 Å². The van der Waals surface area contributed by atoms with Crippen molar-refractivity contribution in [3.63, 3.8) is 0 Å². The molecule has 1 aliphatic carbocycles. The van der Waals surface area contributed by atoms with Crippen LogP contribution in [-0.2, 0) is 9.47 Å². The first-order valence-corrected chi connectivity index (χ1v) is 13.0. The lowest BCUT2D eigenvalue weighted by Crippen LogP contribution is -2.41. The lowest BCUT2D eigenvalue weighted by atomic mass is 9.96. The Labute approximate surface area is 202 Å². The lowest BCUT2D eigenvalue weighted by molar-refractivity contribution is -0.0322. The second-order valence-corrected chi connectivity index (χ2v) is 10.5. The van der Waals surface area contributed by atoms with E-state index in [9.17, 15) is 0 Å². The predicted octanol–water partition coefficient (Wildman–Crippen LogP) is 6.25. The van der Waals surface area contributed by atoms with Gasteiger partial charge in [-0.3, -0.25) is 0 Å². The van der Waals surface area contributed by atoms with Crippen molar-refractivity contribution < 1.29 is 9.47 Å². The fourth-order valence-corrected chi connectivity index (χ4v) is 5.46. The van der Waals surface area contributed by atoms with E-state index < -0.39 is 0 Å². The standard InChI is InChI=1S/C29H46N2O2/c1-7-28-20(3)9-13-29(33-28)21(4)16-19(2)8-11-26-22(5)27(26)12-10-24-17-23(31-6)18-25(32-24)14-15-30/h8-12,15-16,19,22-31H,7,13-14,17-18H2,1-6H3/b11-8+,12-10+,21-16+,30-15?/t19-,22-,23?,24?,25?,26+,27?,28?,29?/m1/s1. The zero-order valence-corrected chi connectivity index (χ0v) is 21.6. The van der Waals surface area contributed by atoms with E-state index in [0.717, 1.165) is 25.7 Å². The molecule has 4 heteroatoms. The number of ether oxygens (including phenoxy) is 2. The molecule has 2 heterocycles. The molecule has 4 nitrogen and oxygen atoms in total. The minimum absolute atomic E-state index is 0.156. The van der Waals surface area contributed by atoms with E-state index in [1.165, 1.54) is 17.4 Å². The molecule has 0 aromatic rings. The van der Waals surface area contributed by atoms with E-state index in [2.05, 4.69) is 76.4 Å². The highest BCUT2D eigenvalue weighted by atomic mass is 16.5. The van der Waals surface area contributed by atoms with Gasteiger partial charge in [-0.1, -0.05) is 57.2 Å². The fourth-order valence-electron chi connectivity index (χ4n) is 5.46. The van der Waals surface area contributed by atoms with Crippen LogP contribution in [-0.4, -0.2) is 43.7 Å². The molecule has 9 atom stereocenters. The molecule has 0 aromatic carbocycles. The van der Waals surface area contributed by atoms with Crippen LogP contribution in [0.5, 0.6) is 0 Å². The Kier molecular flexibility index (Phi) is 9.72. The molecule has 1 saturated heterocycles. The molecule has 0 bridgehead atoms. The van der Waals surface area contributed by atoms with Crippen molar-refractivity contribution in [2.75, 3.05) is 7.05 Å². The Morgan fingerprint density at radius 1 is 1.21 bits per heavy atom. The first-order valence-electron chi connectivity index (χ1n) is 13.0. The molecule has 2 N–H and O–H groups in total. The van der Waals surface area contributed by atoms with Crippen molar-refractivity contribution in [2.24, 2.45) is 23.7 Å². The Morgan fingerprint density at radius 3 is 2.67 bits per heavy atom. The average molecular weight is 455 g/mol. The minimum Gasteiger partial charge on any atom is -0.370 e. The van der Waals surface area contributed by atoms with Crippen LogP contribution in [0, 0.1) is 29.1 Å². The summed E-state index contributed by atoms with van der Waals surface area (Å²) in [5.41, 5.74) is 2.73. The second kappa shape index (κ2) is 12.3. The fraction of sp³-hybridized carbons (Fsp3) is 0.690. The van der Waals surface area contributed by atoms with Crippen molar-refractivity contribution in [1.82, 2.24) is 5.32 Å². The average Bonchev–Trinajstić information content (AvgIpc) is 3.43. The topological polar surface area (TPSA) is 54.3 Å². The summed E-state index contributed by atoms with van der Waals surface area (Å²) in [4.78, 5) is 0. The third kappa shape index (κ3) is 7.24. The largest absolute Gasteiger partial charge is 0.370 e. The number of hydrogen-bond acceptors (Lipinski definition) is 4. The lowest BCUT2D eigenvalue weighted by Gasteiger charge is -2.33. The Balaban J connectivity index is 1.50. The quantitative estimate of drug-likeness (QED) is 0.303. The molecular weight excluding hydrogens is 408 g/mol. The molecule has 184 valence electrons. The van der Waals surface area contributed by atoms with E-state index in [1.54, 1.807) is 0 Å². The van der Waals surface area contributed by atoms with Crippen LogP contribution in [0.15, 0.2) is 47.6 Å². The van der Waals surface area contributed by atoms with Crippen LogP contribution in [0.1, 0.15) is 66.7 Å². The van der Waals surface area contributed by atoms with Gasteiger partial charge >= 0.3 is 0 Å². The van der Waals surface area contributed by atoms with Crippen LogP contribution >= 0.6 is 0 Å². The van der Waals surface area contributed by atoms with E-state index in [0.29, 0.717) is 36.1 Å². The Morgan fingerprint density at radius 2 is 1.97 bits per heavy atom. The van der Waals surface area contributed by atoms with Crippen molar-refractivity contribution in [2.45, 2.75) is 97.2 Å². The van der Waals surface area contributed by atoms with Crippen LogP contribution in [0.2, 0.25) is 0 Å². The molecule has 2 fully saturated rings. The van der Waals surface area contributed by atoms with E-state index >= 15 is 0 Å². The van der Waals surface area contributed by atoms with Crippen LogP contribution in [0.25, 0.3) is 0 Å². The van der Waals surface area contributed by atoms with Crippen molar-refractivity contribution >= 4 is 6.21 Å². The van der Waals surface area contributed by atoms with Gasteiger partial charge in [-0.2, -0.15) is 0 Å². The summed E-state index contributed by atoms with van der Waals surface area (Å²) in [5, 5.41) is 10.8. The normalized spacial score (nSPS) is 38.5. The number of rotatable bonds is 10. The van der Waals surface area contributed by atoms with Crippen LogP contribution in [0.4, 0.5) is 0 Å². The SMILES string of the molecule is CCC1OC(/C(C)=C/[C@H](C)/C=C/[C@@H]2C(/C=C/C3CC(NC)CC(CC=N)O3)[C@@H]2C)CC=C1C. The van der Waals surface area contributed by atoms with E-state index in [1.807, 2.05) is 7.05 Å². The van der Waals surface area contributed by atoms with Gasteiger partial charge in [0.15, 0.2) is 0 Å². The number of allylic oxidation sites excluding steroid dienone is 4. The number of nitrogens with one attached hydrogen (secondary N) is 2. The molecule has 2 aliphatic heterocycles. The highest BCUT2D eigenvalue weighted by Crippen LogP contribution is 2.48. The minimum atomic E-state index is 0.156. The third-order valence-corrected chi connectivity index (χ3v) is 7.82. The van der Waals surface area contributed by atoms with Gasteiger partial charge in [-0.15, -0.1) is 0 Å². The van der Waals surface area contributed by atoms with Gasteiger partial charge < -0.3 is 20.2 Å². The van der Waals surface area contributed by atoms with Gasteiger partial charge in [0, 0.05) is 12.5 Å². The van der Waals surface area contributed by atoms with E-state index in [4.69, 9.17) is 14.9 Å². The Bertz CT molecular complexity index is 768. The molecule has 3 aliphatic rings. The summed E-state index contributed by atoms with van der Waals surface area (Å²) < 4.78 is 12.5.